The van der Waals surface area contributed by atoms with Gasteiger partial charge >= 0.3 is 0 Å². The molecule has 1 unspecified atom stereocenters. The molecule has 1 aromatic rings. The molecule has 0 amide bonds. The Hall–Kier alpha value is 0.0600. The highest BCUT2D eigenvalue weighted by molar-refractivity contribution is 9.10. The van der Waals surface area contributed by atoms with Crippen LogP contribution in [0.15, 0.2) is 15.9 Å². The lowest BCUT2D eigenvalue weighted by atomic mass is 10.2. The van der Waals surface area contributed by atoms with Crippen molar-refractivity contribution in [3.63, 3.8) is 0 Å². The molecule has 1 heterocycles. The summed E-state index contributed by atoms with van der Waals surface area (Å²) in [6.45, 7) is 4.85. The second-order valence-electron chi connectivity index (χ2n) is 3.24. The molecule has 1 rings (SSSR count). The van der Waals surface area contributed by atoms with Crippen LogP contribution in [-0.4, -0.2) is 30.7 Å². The van der Waals surface area contributed by atoms with Gasteiger partial charge in [0.05, 0.1) is 0 Å². The molecular weight excluding hydrogens is 292 g/mol. The summed E-state index contributed by atoms with van der Waals surface area (Å²) in [4.78, 5) is 1.11. The van der Waals surface area contributed by atoms with Crippen LogP contribution in [-0.2, 0) is 15.9 Å². The SMILES string of the molecule is CCOC(OCC)C(O)Cc1sccc1Br. The van der Waals surface area contributed by atoms with Crippen LogP contribution in [0.25, 0.3) is 0 Å². The minimum atomic E-state index is -0.630. The number of aliphatic hydroxyl groups is 1. The Labute approximate surface area is 109 Å². The molecule has 0 saturated heterocycles. The van der Waals surface area contributed by atoms with Gasteiger partial charge in [-0.1, -0.05) is 0 Å². The molecule has 5 heteroatoms. The Bertz CT molecular complexity index is 297. The molecule has 0 aliphatic heterocycles. The maximum absolute atomic E-state index is 10.0. The molecule has 1 atom stereocenters. The molecule has 3 nitrogen and oxygen atoms in total. The van der Waals surface area contributed by atoms with Crippen molar-refractivity contribution < 1.29 is 14.6 Å². The van der Waals surface area contributed by atoms with Crippen molar-refractivity contribution in [2.75, 3.05) is 13.2 Å². The van der Waals surface area contributed by atoms with Crippen LogP contribution in [0.4, 0.5) is 0 Å². The Morgan fingerprint density at radius 3 is 2.44 bits per heavy atom. The van der Waals surface area contributed by atoms with E-state index in [1.165, 1.54) is 0 Å². The fourth-order valence-corrected chi connectivity index (χ4v) is 2.92. The van der Waals surface area contributed by atoms with Gasteiger partial charge in [0.25, 0.3) is 0 Å². The third-order valence-corrected chi connectivity index (χ3v) is 4.01. The van der Waals surface area contributed by atoms with Crippen LogP contribution in [0.2, 0.25) is 0 Å². The number of halogens is 1. The second-order valence-corrected chi connectivity index (χ2v) is 5.10. The van der Waals surface area contributed by atoms with E-state index in [4.69, 9.17) is 9.47 Å². The van der Waals surface area contributed by atoms with E-state index < -0.39 is 12.4 Å². The summed E-state index contributed by atoms with van der Waals surface area (Å²) in [7, 11) is 0. The van der Waals surface area contributed by atoms with E-state index in [0.717, 1.165) is 9.35 Å². The number of hydrogen-bond donors (Lipinski definition) is 1. The lowest BCUT2D eigenvalue weighted by molar-refractivity contribution is -0.188. The second kappa shape index (κ2) is 7.40. The first-order valence-corrected chi connectivity index (χ1v) is 6.99. The van der Waals surface area contributed by atoms with E-state index in [-0.39, 0.29) is 0 Å². The van der Waals surface area contributed by atoms with Crippen molar-refractivity contribution in [3.05, 3.63) is 20.8 Å². The molecule has 0 saturated carbocycles. The fourth-order valence-electron chi connectivity index (χ4n) is 1.36. The Balaban J connectivity index is 2.54. The number of aliphatic hydroxyl groups excluding tert-OH is 1. The first kappa shape index (κ1) is 14.1. The summed E-state index contributed by atoms with van der Waals surface area (Å²) in [6, 6.07) is 1.98. The van der Waals surface area contributed by atoms with Gasteiger partial charge in [0.1, 0.15) is 6.10 Å². The van der Waals surface area contributed by atoms with Gasteiger partial charge in [-0.25, -0.2) is 0 Å². The van der Waals surface area contributed by atoms with Crippen LogP contribution in [0.1, 0.15) is 18.7 Å². The highest BCUT2D eigenvalue weighted by Crippen LogP contribution is 2.25. The van der Waals surface area contributed by atoms with Crippen LogP contribution >= 0.6 is 27.3 Å². The van der Waals surface area contributed by atoms with Crippen LogP contribution in [0.3, 0.4) is 0 Å². The van der Waals surface area contributed by atoms with Gasteiger partial charge in [-0.05, 0) is 41.2 Å². The summed E-state index contributed by atoms with van der Waals surface area (Å²) < 4.78 is 11.7. The monoisotopic (exact) mass is 308 g/mol. The number of thiophene rings is 1. The quantitative estimate of drug-likeness (QED) is 0.787. The van der Waals surface area contributed by atoms with Crippen LogP contribution < -0.4 is 0 Å². The summed E-state index contributed by atoms with van der Waals surface area (Å²) in [5, 5.41) is 12.0. The molecule has 0 aliphatic carbocycles. The highest BCUT2D eigenvalue weighted by atomic mass is 79.9. The molecule has 16 heavy (non-hydrogen) atoms. The van der Waals surface area contributed by atoms with Gasteiger partial charge in [-0.2, -0.15) is 0 Å². The van der Waals surface area contributed by atoms with E-state index >= 15 is 0 Å². The van der Waals surface area contributed by atoms with Crippen molar-refractivity contribution in [2.45, 2.75) is 32.7 Å². The zero-order chi connectivity index (χ0) is 12.0. The van der Waals surface area contributed by atoms with Gasteiger partial charge in [-0.15, -0.1) is 11.3 Å². The van der Waals surface area contributed by atoms with Gasteiger partial charge in [0.2, 0.25) is 0 Å². The zero-order valence-electron chi connectivity index (χ0n) is 9.48. The van der Waals surface area contributed by atoms with Crippen molar-refractivity contribution in [1.82, 2.24) is 0 Å². The van der Waals surface area contributed by atoms with Gasteiger partial charge in [0, 0.05) is 29.0 Å². The van der Waals surface area contributed by atoms with Gasteiger partial charge < -0.3 is 14.6 Å². The summed E-state index contributed by atoms with van der Waals surface area (Å²) in [5.41, 5.74) is 0. The van der Waals surface area contributed by atoms with E-state index in [0.29, 0.717) is 19.6 Å². The van der Waals surface area contributed by atoms with Gasteiger partial charge in [0.15, 0.2) is 6.29 Å². The van der Waals surface area contributed by atoms with Crippen molar-refractivity contribution in [2.24, 2.45) is 0 Å². The average molecular weight is 309 g/mol. The topological polar surface area (TPSA) is 38.7 Å². The molecule has 0 aliphatic rings. The predicted molar refractivity (Wildman–Crippen MR) is 68.8 cm³/mol. The van der Waals surface area contributed by atoms with Crippen molar-refractivity contribution in [3.8, 4) is 0 Å². The average Bonchev–Trinajstić information content (AvgIpc) is 2.64. The maximum Gasteiger partial charge on any atom is 0.183 e. The third-order valence-electron chi connectivity index (χ3n) is 2.06. The first-order chi connectivity index (χ1) is 7.69. The van der Waals surface area contributed by atoms with E-state index in [1.807, 2.05) is 25.3 Å². The summed E-state index contributed by atoms with van der Waals surface area (Å²) in [5.74, 6) is 0. The fraction of sp³-hybridized carbons (Fsp3) is 0.636. The number of rotatable bonds is 7. The molecule has 0 spiro atoms. The summed E-state index contributed by atoms with van der Waals surface area (Å²) >= 11 is 5.05. The Morgan fingerprint density at radius 2 is 2.00 bits per heavy atom. The molecule has 0 aromatic carbocycles. The van der Waals surface area contributed by atoms with E-state index in [9.17, 15) is 5.11 Å². The maximum atomic E-state index is 10.0. The molecule has 1 aromatic heterocycles. The molecule has 92 valence electrons. The zero-order valence-corrected chi connectivity index (χ0v) is 11.9. The lowest BCUT2D eigenvalue weighted by Crippen LogP contribution is -2.33. The van der Waals surface area contributed by atoms with E-state index in [2.05, 4.69) is 15.9 Å². The largest absolute Gasteiger partial charge is 0.387 e. The first-order valence-electron chi connectivity index (χ1n) is 5.32. The molecule has 0 fully saturated rings. The number of ether oxygens (including phenoxy) is 2. The highest BCUT2D eigenvalue weighted by Gasteiger charge is 2.21. The van der Waals surface area contributed by atoms with Gasteiger partial charge in [-0.3, -0.25) is 0 Å². The molecule has 0 radical (unpaired) electrons. The van der Waals surface area contributed by atoms with Crippen LogP contribution in [0.5, 0.6) is 0 Å². The summed E-state index contributed by atoms with van der Waals surface area (Å²) in [6.07, 6.45) is -0.623. The molecule has 1 N–H and O–H groups in total. The minimum Gasteiger partial charge on any atom is -0.387 e. The van der Waals surface area contributed by atoms with E-state index in [1.54, 1.807) is 11.3 Å². The Kier molecular flexibility index (Phi) is 6.53. The van der Waals surface area contributed by atoms with Crippen LogP contribution in [0, 0.1) is 0 Å². The molecule has 0 bridgehead atoms. The number of hydrogen-bond acceptors (Lipinski definition) is 4. The predicted octanol–water partition coefficient (Wildman–Crippen LogP) is 2.81. The third kappa shape index (κ3) is 4.14. The van der Waals surface area contributed by atoms with Crippen molar-refractivity contribution >= 4 is 27.3 Å². The standard InChI is InChI=1S/C11H17BrO3S/c1-3-14-11(15-4-2)9(13)7-10-8(12)5-6-16-10/h5-6,9,11,13H,3-4,7H2,1-2H3. The molecular formula is C11H17BrO3S. The smallest absolute Gasteiger partial charge is 0.183 e. The van der Waals surface area contributed by atoms with Crippen molar-refractivity contribution in [1.29, 1.82) is 0 Å². The minimum absolute atomic E-state index is 0.535. The lowest BCUT2D eigenvalue weighted by Gasteiger charge is -2.22. The normalized spacial score (nSPS) is 13.3. The Morgan fingerprint density at radius 1 is 1.38 bits per heavy atom.